The third-order valence-electron chi connectivity index (χ3n) is 2.36. The van der Waals surface area contributed by atoms with E-state index in [0.717, 1.165) is 21.8 Å². The van der Waals surface area contributed by atoms with Gasteiger partial charge in [-0.05, 0) is 46.9 Å². The molecule has 3 N–H and O–H groups in total. The van der Waals surface area contributed by atoms with Gasteiger partial charge in [-0.15, -0.1) is 0 Å². The Morgan fingerprint density at radius 2 is 2.06 bits per heavy atom. The number of benzene rings is 1. The van der Waals surface area contributed by atoms with Crippen molar-refractivity contribution in [3.63, 3.8) is 0 Å². The Kier molecular flexibility index (Phi) is 3.95. The Labute approximate surface area is 117 Å². The van der Waals surface area contributed by atoms with Crippen molar-refractivity contribution in [3.8, 4) is 0 Å². The lowest BCUT2D eigenvalue weighted by atomic mass is 10.2. The number of pyridine rings is 1. The molecule has 1 heterocycles. The molecule has 0 bridgehead atoms. The third kappa shape index (κ3) is 3.06. The van der Waals surface area contributed by atoms with E-state index in [2.05, 4.69) is 32.9 Å². The molecule has 0 saturated heterocycles. The minimum absolute atomic E-state index is 0.148. The first-order valence-corrected chi connectivity index (χ1v) is 6.23. The summed E-state index contributed by atoms with van der Waals surface area (Å²) in [5.41, 5.74) is 6.52. The Balaban J connectivity index is 2.16. The highest BCUT2D eigenvalue weighted by Gasteiger charge is 2.06. The highest BCUT2D eigenvalue weighted by molar-refractivity contribution is 14.1. The Bertz CT molecular complexity index is 524. The predicted octanol–water partition coefficient (Wildman–Crippen LogP) is 3.16. The van der Waals surface area contributed by atoms with Gasteiger partial charge in [0, 0.05) is 21.9 Å². The van der Waals surface area contributed by atoms with Gasteiger partial charge in [-0.25, -0.2) is 13.8 Å². The Morgan fingerprint density at radius 1 is 1.28 bits per heavy atom. The van der Waals surface area contributed by atoms with Crippen LogP contribution in [0, 0.1) is 15.2 Å². The second-order valence-corrected chi connectivity index (χ2v) is 4.92. The Morgan fingerprint density at radius 3 is 2.83 bits per heavy atom. The van der Waals surface area contributed by atoms with Crippen LogP contribution in [0.5, 0.6) is 0 Å². The highest BCUT2D eigenvalue weighted by atomic mass is 127. The summed E-state index contributed by atoms with van der Waals surface area (Å²) in [5.74, 6) is -0.602. The third-order valence-corrected chi connectivity index (χ3v) is 2.95. The minimum Gasteiger partial charge on any atom is -0.382 e. The number of hydrogen-bond donors (Lipinski definition) is 2. The molecule has 6 heteroatoms. The Hall–Kier alpha value is -1.44. The van der Waals surface area contributed by atoms with Gasteiger partial charge in [0.15, 0.2) is 0 Å². The molecule has 0 spiro atoms. The van der Waals surface area contributed by atoms with E-state index in [1.54, 1.807) is 12.3 Å². The zero-order valence-electron chi connectivity index (χ0n) is 9.25. The summed E-state index contributed by atoms with van der Waals surface area (Å²) in [7, 11) is 0. The summed E-state index contributed by atoms with van der Waals surface area (Å²) in [6.45, 7) is 0.148. The topological polar surface area (TPSA) is 50.9 Å². The number of nitrogens with two attached hydrogens (primary N) is 1. The molecule has 2 aromatic rings. The van der Waals surface area contributed by atoms with Crippen molar-refractivity contribution in [1.82, 2.24) is 4.98 Å². The lowest BCUT2D eigenvalue weighted by Gasteiger charge is -2.09. The van der Waals surface area contributed by atoms with Crippen molar-refractivity contribution in [2.75, 3.05) is 11.1 Å². The highest BCUT2D eigenvalue weighted by Crippen LogP contribution is 2.20. The van der Waals surface area contributed by atoms with Crippen LogP contribution in [0.3, 0.4) is 0 Å². The van der Waals surface area contributed by atoms with Crippen LogP contribution in [-0.2, 0) is 6.54 Å². The minimum atomic E-state index is -0.470. The van der Waals surface area contributed by atoms with Gasteiger partial charge in [-0.1, -0.05) is 0 Å². The first-order valence-electron chi connectivity index (χ1n) is 5.15. The van der Waals surface area contributed by atoms with E-state index < -0.39 is 11.6 Å². The SMILES string of the molecule is Nc1ncc(I)cc1NCc1cc(F)ccc1F. The van der Waals surface area contributed by atoms with Gasteiger partial charge in [0.1, 0.15) is 17.5 Å². The fourth-order valence-electron chi connectivity index (χ4n) is 1.46. The van der Waals surface area contributed by atoms with Crippen LogP contribution in [0.15, 0.2) is 30.5 Å². The largest absolute Gasteiger partial charge is 0.382 e. The summed E-state index contributed by atoms with van der Waals surface area (Å²) in [6.07, 6.45) is 1.63. The van der Waals surface area contributed by atoms with Gasteiger partial charge in [0.05, 0.1) is 5.69 Å². The molecule has 3 nitrogen and oxygen atoms in total. The number of anilines is 2. The number of rotatable bonds is 3. The van der Waals surface area contributed by atoms with Crippen LogP contribution in [0.2, 0.25) is 0 Å². The fourth-order valence-corrected chi connectivity index (χ4v) is 1.91. The molecule has 0 unspecified atom stereocenters. The molecule has 0 aliphatic carbocycles. The van der Waals surface area contributed by atoms with Crippen LogP contribution >= 0.6 is 22.6 Å². The molecule has 1 aromatic heterocycles. The lowest BCUT2D eigenvalue weighted by molar-refractivity contribution is 0.587. The van der Waals surface area contributed by atoms with Gasteiger partial charge in [0.25, 0.3) is 0 Å². The summed E-state index contributed by atoms with van der Waals surface area (Å²) in [5, 5.41) is 2.94. The van der Waals surface area contributed by atoms with E-state index in [-0.39, 0.29) is 12.1 Å². The van der Waals surface area contributed by atoms with Crippen molar-refractivity contribution in [3.05, 3.63) is 51.2 Å². The molecule has 0 amide bonds. The zero-order chi connectivity index (χ0) is 13.1. The summed E-state index contributed by atoms with van der Waals surface area (Å²) < 4.78 is 27.3. The molecular weight excluding hydrogens is 351 g/mol. The van der Waals surface area contributed by atoms with Crippen LogP contribution in [0.1, 0.15) is 5.56 Å². The van der Waals surface area contributed by atoms with Crippen molar-refractivity contribution in [2.24, 2.45) is 0 Å². The maximum absolute atomic E-state index is 13.4. The van der Waals surface area contributed by atoms with Gasteiger partial charge in [0.2, 0.25) is 0 Å². The van der Waals surface area contributed by atoms with Crippen LogP contribution in [-0.4, -0.2) is 4.98 Å². The van der Waals surface area contributed by atoms with E-state index >= 15 is 0 Å². The van der Waals surface area contributed by atoms with E-state index in [9.17, 15) is 8.78 Å². The van der Waals surface area contributed by atoms with Crippen LogP contribution < -0.4 is 11.1 Å². The van der Waals surface area contributed by atoms with E-state index in [4.69, 9.17) is 5.73 Å². The monoisotopic (exact) mass is 361 g/mol. The van der Waals surface area contributed by atoms with Crippen LogP contribution in [0.4, 0.5) is 20.3 Å². The average molecular weight is 361 g/mol. The maximum Gasteiger partial charge on any atom is 0.146 e. The van der Waals surface area contributed by atoms with Crippen molar-refractivity contribution < 1.29 is 8.78 Å². The standard InChI is InChI=1S/C12H10F2IN3/c13-8-1-2-10(14)7(3-8)5-17-11-4-9(15)6-18-12(11)16/h1-4,6,17H,5H2,(H2,16,18). The van der Waals surface area contributed by atoms with E-state index in [1.165, 1.54) is 0 Å². The summed E-state index contributed by atoms with van der Waals surface area (Å²) in [6, 6.07) is 5.13. The molecule has 0 aliphatic rings. The number of nitrogens with one attached hydrogen (secondary N) is 1. The number of nitrogen functional groups attached to an aromatic ring is 1. The zero-order valence-corrected chi connectivity index (χ0v) is 11.4. The van der Waals surface area contributed by atoms with Crippen molar-refractivity contribution >= 4 is 34.1 Å². The summed E-state index contributed by atoms with van der Waals surface area (Å²) >= 11 is 2.10. The first-order chi connectivity index (χ1) is 8.56. The van der Waals surface area contributed by atoms with Crippen molar-refractivity contribution in [2.45, 2.75) is 6.54 Å². The smallest absolute Gasteiger partial charge is 0.146 e. The molecule has 18 heavy (non-hydrogen) atoms. The maximum atomic E-state index is 13.4. The van der Waals surface area contributed by atoms with Gasteiger partial charge >= 0.3 is 0 Å². The molecule has 0 aliphatic heterocycles. The van der Waals surface area contributed by atoms with Crippen molar-refractivity contribution in [1.29, 1.82) is 0 Å². The number of aromatic nitrogens is 1. The van der Waals surface area contributed by atoms with Gasteiger partial charge in [-0.2, -0.15) is 0 Å². The molecule has 2 rings (SSSR count). The molecule has 0 radical (unpaired) electrons. The van der Waals surface area contributed by atoms with E-state index in [0.29, 0.717) is 11.5 Å². The predicted molar refractivity (Wildman–Crippen MR) is 75.1 cm³/mol. The van der Waals surface area contributed by atoms with Gasteiger partial charge < -0.3 is 11.1 Å². The number of nitrogens with zero attached hydrogens (tertiary/aromatic N) is 1. The second-order valence-electron chi connectivity index (χ2n) is 3.68. The normalized spacial score (nSPS) is 10.4. The lowest BCUT2D eigenvalue weighted by Crippen LogP contribution is -2.06. The van der Waals surface area contributed by atoms with Crippen LogP contribution in [0.25, 0.3) is 0 Å². The molecule has 0 fully saturated rings. The first kappa shape index (κ1) is 13.0. The molecule has 94 valence electrons. The molecule has 0 atom stereocenters. The quantitative estimate of drug-likeness (QED) is 0.826. The average Bonchev–Trinajstić information content (AvgIpc) is 2.34. The summed E-state index contributed by atoms with van der Waals surface area (Å²) in [4.78, 5) is 3.97. The number of halogens is 3. The molecule has 1 aromatic carbocycles. The van der Waals surface area contributed by atoms with E-state index in [1.807, 2.05) is 0 Å². The van der Waals surface area contributed by atoms with Gasteiger partial charge in [-0.3, -0.25) is 0 Å². The second kappa shape index (κ2) is 5.47. The number of hydrogen-bond acceptors (Lipinski definition) is 3. The molecule has 0 saturated carbocycles. The fraction of sp³-hybridized carbons (Fsp3) is 0.0833. The molecular formula is C12H10F2IN3.